The molecule has 2 aliphatic rings. The van der Waals surface area contributed by atoms with Crippen molar-refractivity contribution in [3.05, 3.63) is 23.5 Å². The lowest BCUT2D eigenvalue weighted by atomic mass is 9.77. The van der Waals surface area contributed by atoms with Gasteiger partial charge in [0.05, 0.1) is 11.9 Å². The highest BCUT2D eigenvalue weighted by molar-refractivity contribution is 5.36. The second kappa shape index (κ2) is 4.70. The summed E-state index contributed by atoms with van der Waals surface area (Å²) in [6.45, 7) is 0. The zero-order chi connectivity index (χ0) is 12.5. The molecule has 3 rings (SSSR count). The minimum Gasteiger partial charge on any atom is -0.300 e. The van der Waals surface area contributed by atoms with E-state index in [1.165, 1.54) is 32.1 Å². The molecule has 3 heteroatoms. The Kier molecular flexibility index (Phi) is 3.05. The van der Waals surface area contributed by atoms with Gasteiger partial charge in [0.1, 0.15) is 0 Å². The third-order valence-electron chi connectivity index (χ3n) is 4.63. The molecule has 2 fully saturated rings. The molecule has 0 spiro atoms. The van der Waals surface area contributed by atoms with Gasteiger partial charge in [-0.25, -0.2) is 0 Å². The highest BCUT2D eigenvalue weighted by Crippen LogP contribution is 2.40. The average molecular weight is 241 g/mol. The number of hydrogen-bond donors (Lipinski definition) is 0. The van der Waals surface area contributed by atoms with Gasteiger partial charge in [0.25, 0.3) is 0 Å². The Morgan fingerprint density at radius 2 is 2.06 bits per heavy atom. The zero-order valence-corrected chi connectivity index (χ0v) is 10.8. The SMILES string of the molecule is C#Cc1ccnnc1C1CC2CCCC(C1)N2C. The van der Waals surface area contributed by atoms with Crippen LogP contribution in [0.1, 0.15) is 49.3 Å². The van der Waals surface area contributed by atoms with E-state index in [2.05, 4.69) is 28.1 Å². The largest absolute Gasteiger partial charge is 0.300 e. The Morgan fingerprint density at radius 3 is 2.72 bits per heavy atom. The molecule has 0 aliphatic carbocycles. The predicted molar refractivity (Wildman–Crippen MR) is 71.1 cm³/mol. The molecular weight excluding hydrogens is 222 g/mol. The van der Waals surface area contributed by atoms with Crippen molar-refractivity contribution in [1.29, 1.82) is 0 Å². The van der Waals surface area contributed by atoms with E-state index in [0.29, 0.717) is 18.0 Å². The molecule has 1 aromatic rings. The fraction of sp³-hybridized carbons (Fsp3) is 0.600. The second-order valence-corrected chi connectivity index (χ2v) is 5.55. The summed E-state index contributed by atoms with van der Waals surface area (Å²) in [5, 5.41) is 8.34. The van der Waals surface area contributed by atoms with Crippen molar-refractivity contribution in [2.45, 2.75) is 50.1 Å². The summed E-state index contributed by atoms with van der Waals surface area (Å²) in [5.74, 6) is 3.25. The topological polar surface area (TPSA) is 29.0 Å². The summed E-state index contributed by atoms with van der Waals surface area (Å²) < 4.78 is 0. The summed E-state index contributed by atoms with van der Waals surface area (Å²) in [6.07, 6.45) is 13.6. The van der Waals surface area contributed by atoms with E-state index >= 15 is 0 Å². The molecule has 3 nitrogen and oxygen atoms in total. The van der Waals surface area contributed by atoms with Crippen LogP contribution >= 0.6 is 0 Å². The van der Waals surface area contributed by atoms with Crippen LogP contribution in [0.2, 0.25) is 0 Å². The highest BCUT2D eigenvalue weighted by Gasteiger charge is 2.37. The molecule has 2 bridgehead atoms. The third kappa shape index (κ3) is 1.91. The van der Waals surface area contributed by atoms with Crippen LogP contribution in [-0.2, 0) is 0 Å². The maximum absolute atomic E-state index is 5.57. The second-order valence-electron chi connectivity index (χ2n) is 5.55. The van der Waals surface area contributed by atoms with E-state index in [-0.39, 0.29) is 0 Å². The maximum atomic E-state index is 5.57. The molecule has 0 radical (unpaired) electrons. The van der Waals surface area contributed by atoms with Gasteiger partial charge in [0.15, 0.2) is 0 Å². The molecule has 0 saturated carbocycles. The third-order valence-corrected chi connectivity index (χ3v) is 4.63. The quantitative estimate of drug-likeness (QED) is 0.706. The normalized spacial score (nSPS) is 31.9. The number of rotatable bonds is 1. The smallest absolute Gasteiger partial charge is 0.0819 e. The molecular formula is C15H19N3. The van der Waals surface area contributed by atoms with Crippen molar-refractivity contribution >= 4 is 0 Å². The number of aromatic nitrogens is 2. The Morgan fingerprint density at radius 1 is 1.33 bits per heavy atom. The van der Waals surface area contributed by atoms with Gasteiger partial charge in [0.2, 0.25) is 0 Å². The summed E-state index contributed by atoms with van der Waals surface area (Å²) in [7, 11) is 2.27. The molecule has 2 saturated heterocycles. The first-order valence-electron chi connectivity index (χ1n) is 6.79. The minimum absolute atomic E-state index is 0.497. The lowest BCUT2D eigenvalue weighted by Gasteiger charge is -2.47. The summed E-state index contributed by atoms with van der Waals surface area (Å²) >= 11 is 0. The van der Waals surface area contributed by atoms with Crippen molar-refractivity contribution in [3.63, 3.8) is 0 Å². The molecule has 3 heterocycles. The summed E-state index contributed by atoms with van der Waals surface area (Å²) in [6, 6.07) is 3.32. The van der Waals surface area contributed by atoms with Gasteiger partial charge in [-0.05, 0) is 38.8 Å². The summed E-state index contributed by atoms with van der Waals surface area (Å²) in [4.78, 5) is 2.56. The molecule has 2 unspecified atom stereocenters. The van der Waals surface area contributed by atoms with Crippen molar-refractivity contribution < 1.29 is 0 Å². The molecule has 2 aliphatic heterocycles. The molecule has 2 atom stereocenters. The van der Waals surface area contributed by atoms with E-state index < -0.39 is 0 Å². The van der Waals surface area contributed by atoms with Crippen molar-refractivity contribution in [1.82, 2.24) is 15.1 Å². The Bertz CT molecular complexity index is 463. The first-order valence-corrected chi connectivity index (χ1v) is 6.79. The van der Waals surface area contributed by atoms with E-state index in [9.17, 15) is 0 Å². The molecule has 0 amide bonds. The molecule has 0 aromatic carbocycles. The number of hydrogen-bond acceptors (Lipinski definition) is 3. The molecule has 18 heavy (non-hydrogen) atoms. The van der Waals surface area contributed by atoms with Crippen LogP contribution in [0.4, 0.5) is 0 Å². The Labute approximate surface area is 109 Å². The lowest BCUT2D eigenvalue weighted by Crippen LogP contribution is -2.49. The van der Waals surface area contributed by atoms with Gasteiger partial charge in [-0.3, -0.25) is 0 Å². The fourth-order valence-corrected chi connectivity index (χ4v) is 3.61. The lowest BCUT2D eigenvalue weighted by molar-refractivity contribution is 0.0545. The molecule has 0 N–H and O–H groups in total. The zero-order valence-electron chi connectivity index (χ0n) is 10.8. The van der Waals surface area contributed by atoms with Gasteiger partial charge >= 0.3 is 0 Å². The van der Waals surface area contributed by atoms with Crippen LogP contribution in [0.5, 0.6) is 0 Å². The van der Waals surface area contributed by atoms with Crippen LogP contribution < -0.4 is 0 Å². The van der Waals surface area contributed by atoms with E-state index in [1.807, 2.05) is 6.07 Å². The monoisotopic (exact) mass is 241 g/mol. The van der Waals surface area contributed by atoms with Gasteiger partial charge in [0, 0.05) is 23.6 Å². The minimum atomic E-state index is 0.497. The number of fused-ring (bicyclic) bond motifs is 2. The van der Waals surface area contributed by atoms with Gasteiger partial charge in [-0.1, -0.05) is 12.3 Å². The Balaban J connectivity index is 1.88. The van der Waals surface area contributed by atoms with E-state index in [1.54, 1.807) is 6.20 Å². The first kappa shape index (κ1) is 11.7. The summed E-state index contributed by atoms with van der Waals surface area (Å²) in [5.41, 5.74) is 1.97. The predicted octanol–water partition coefficient (Wildman–Crippen LogP) is 2.19. The van der Waals surface area contributed by atoms with Crippen molar-refractivity contribution in [3.8, 4) is 12.3 Å². The van der Waals surface area contributed by atoms with E-state index in [0.717, 1.165) is 11.3 Å². The van der Waals surface area contributed by atoms with Gasteiger partial charge in [-0.15, -0.1) is 6.42 Å². The molecule has 1 aromatic heterocycles. The van der Waals surface area contributed by atoms with Crippen molar-refractivity contribution in [2.75, 3.05) is 7.05 Å². The number of nitrogens with zero attached hydrogens (tertiary/aromatic N) is 3. The average Bonchev–Trinajstić information content (AvgIpc) is 2.38. The van der Waals surface area contributed by atoms with Crippen LogP contribution in [0.25, 0.3) is 0 Å². The van der Waals surface area contributed by atoms with Crippen molar-refractivity contribution in [2.24, 2.45) is 0 Å². The highest BCUT2D eigenvalue weighted by atomic mass is 15.2. The first-order chi connectivity index (χ1) is 8.79. The number of piperidine rings is 2. The van der Waals surface area contributed by atoms with Crippen LogP contribution in [0.15, 0.2) is 12.3 Å². The molecule has 94 valence electrons. The standard InChI is InChI=1S/C15H19N3/c1-3-11-7-8-16-17-15(11)12-9-13-5-4-6-14(10-12)18(13)2/h1,7-8,12-14H,4-6,9-10H2,2H3. The Hall–Kier alpha value is -1.40. The maximum Gasteiger partial charge on any atom is 0.0819 e. The van der Waals surface area contributed by atoms with Gasteiger partial charge in [-0.2, -0.15) is 10.2 Å². The van der Waals surface area contributed by atoms with Gasteiger partial charge < -0.3 is 4.90 Å². The number of terminal acetylenes is 1. The van der Waals surface area contributed by atoms with Crippen LogP contribution in [0.3, 0.4) is 0 Å². The fourth-order valence-electron chi connectivity index (χ4n) is 3.61. The van der Waals surface area contributed by atoms with E-state index in [4.69, 9.17) is 6.42 Å². The van der Waals surface area contributed by atoms with Crippen LogP contribution in [-0.4, -0.2) is 34.2 Å². The van der Waals surface area contributed by atoms with Crippen LogP contribution in [0, 0.1) is 12.3 Å².